The van der Waals surface area contributed by atoms with Gasteiger partial charge in [0.1, 0.15) is 0 Å². The van der Waals surface area contributed by atoms with E-state index in [2.05, 4.69) is 5.32 Å². The SMILES string of the molecule is CC(O)C(NC(=O)c1ccc(CN(C)C)cc1)C(=O)O. The molecule has 0 aliphatic rings. The maximum absolute atomic E-state index is 11.9. The first-order chi connectivity index (χ1) is 9.31. The number of aliphatic hydroxyl groups is 1. The van der Waals surface area contributed by atoms with Crippen LogP contribution in [-0.4, -0.2) is 53.2 Å². The number of carboxylic acids is 1. The van der Waals surface area contributed by atoms with Gasteiger partial charge >= 0.3 is 5.97 Å². The van der Waals surface area contributed by atoms with Gasteiger partial charge in [-0.15, -0.1) is 0 Å². The van der Waals surface area contributed by atoms with Crippen molar-refractivity contribution in [1.82, 2.24) is 10.2 Å². The molecular weight excluding hydrogens is 260 g/mol. The molecule has 3 N–H and O–H groups in total. The van der Waals surface area contributed by atoms with E-state index in [-0.39, 0.29) is 0 Å². The summed E-state index contributed by atoms with van der Waals surface area (Å²) >= 11 is 0. The Balaban J connectivity index is 2.74. The van der Waals surface area contributed by atoms with Crippen molar-refractivity contribution >= 4 is 11.9 Å². The topological polar surface area (TPSA) is 89.9 Å². The number of aliphatic hydroxyl groups excluding tert-OH is 1. The Bertz CT molecular complexity index is 469. The van der Waals surface area contributed by atoms with Gasteiger partial charge in [0, 0.05) is 12.1 Å². The van der Waals surface area contributed by atoms with E-state index in [4.69, 9.17) is 5.11 Å². The van der Waals surface area contributed by atoms with E-state index in [1.54, 1.807) is 12.1 Å². The number of carbonyl (C=O) groups is 2. The van der Waals surface area contributed by atoms with Crippen LogP contribution in [0.4, 0.5) is 0 Å². The lowest BCUT2D eigenvalue weighted by molar-refractivity contribution is -0.141. The summed E-state index contributed by atoms with van der Waals surface area (Å²) in [6.45, 7) is 2.08. The average Bonchev–Trinajstić information content (AvgIpc) is 2.35. The molecule has 0 heterocycles. The minimum Gasteiger partial charge on any atom is -0.480 e. The number of amides is 1. The molecule has 1 aromatic rings. The minimum atomic E-state index is -1.32. The molecule has 0 aromatic heterocycles. The molecule has 2 atom stereocenters. The average molecular weight is 280 g/mol. The first-order valence-electron chi connectivity index (χ1n) is 6.26. The molecule has 0 aliphatic heterocycles. The van der Waals surface area contributed by atoms with E-state index < -0.39 is 24.0 Å². The zero-order valence-corrected chi connectivity index (χ0v) is 11.8. The molecule has 6 heteroatoms. The second-order valence-electron chi connectivity index (χ2n) is 4.96. The molecule has 6 nitrogen and oxygen atoms in total. The molecular formula is C14H20N2O4. The summed E-state index contributed by atoms with van der Waals surface area (Å²) in [4.78, 5) is 24.8. The van der Waals surface area contributed by atoms with Gasteiger partial charge in [-0.05, 0) is 38.7 Å². The summed E-state index contributed by atoms with van der Waals surface area (Å²) in [6.07, 6.45) is -1.16. The Morgan fingerprint density at radius 1 is 1.25 bits per heavy atom. The van der Waals surface area contributed by atoms with Gasteiger partial charge in [0.2, 0.25) is 0 Å². The maximum Gasteiger partial charge on any atom is 0.328 e. The first-order valence-corrected chi connectivity index (χ1v) is 6.26. The Morgan fingerprint density at radius 2 is 1.80 bits per heavy atom. The van der Waals surface area contributed by atoms with Crippen molar-refractivity contribution in [3.05, 3.63) is 35.4 Å². The predicted octanol–water partition coefficient (Wildman–Crippen LogP) is 0.312. The molecule has 0 saturated carbocycles. The lowest BCUT2D eigenvalue weighted by Crippen LogP contribution is -2.47. The molecule has 20 heavy (non-hydrogen) atoms. The largest absolute Gasteiger partial charge is 0.480 e. The highest BCUT2D eigenvalue weighted by Gasteiger charge is 2.25. The van der Waals surface area contributed by atoms with Crippen LogP contribution in [0.25, 0.3) is 0 Å². The van der Waals surface area contributed by atoms with Crippen molar-refractivity contribution < 1.29 is 19.8 Å². The predicted molar refractivity (Wildman–Crippen MR) is 74.4 cm³/mol. The fourth-order valence-electron chi connectivity index (χ4n) is 1.74. The van der Waals surface area contributed by atoms with E-state index in [9.17, 15) is 14.7 Å². The second kappa shape index (κ2) is 7.02. The van der Waals surface area contributed by atoms with E-state index >= 15 is 0 Å². The third kappa shape index (κ3) is 4.64. The highest BCUT2D eigenvalue weighted by molar-refractivity contribution is 5.96. The molecule has 0 fully saturated rings. The fourth-order valence-corrected chi connectivity index (χ4v) is 1.74. The summed E-state index contributed by atoms with van der Waals surface area (Å²) in [5, 5.41) is 20.5. The van der Waals surface area contributed by atoms with Crippen LogP contribution in [0.2, 0.25) is 0 Å². The van der Waals surface area contributed by atoms with Gasteiger partial charge < -0.3 is 20.4 Å². The van der Waals surface area contributed by atoms with Crippen molar-refractivity contribution in [2.45, 2.75) is 25.6 Å². The van der Waals surface area contributed by atoms with Gasteiger partial charge in [0.15, 0.2) is 6.04 Å². The standard InChI is InChI=1S/C14H20N2O4/c1-9(17)12(14(19)20)15-13(18)11-6-4-10(5-7-11)8-16(2)3/h4-7,9,12,17H,8H2,1-3H3,(H,15,18)(H,19,20). The second-order valence-corrected chi connectivity index (χ2v) is 4.96. The summed E-state index contributed by atoms with van der Waals surface area (Å²) in [7, 11) is 3.89. The van der Waals surface area contributed by atoms with Crippen LogP contribution in [-0.2, 0) is 11.3 Å². The van der Waals surface area contributed by atoms with Crippen LogP contribution in [0, 0.1) is 0 Å². The van der Waals surface area contributed by atoms with Gasteiger partial charge in [-0.2, -0.15) is 0 Å². The molecule has 2 unspecified atom stereocenters. The van der Waals surface area contributed by atoms with Crippen LogP contribution < -0.4 is 5.32 Å². The van der Waals surface area contributed by atoms with Gasteiger partial charge in [0.25, 0.3) is 5.91 Å². The summed E-state index contributed by atoms with van der Waals surface area (Å²) in [6, 6.07) is 5.58. The summed E-state index contributed by atoms with van der Waals surface area (Å²) in [5.41, 5.74) is 1.41. The van der Waals surface area contributed by atoms with Gasteiger partial charge in [-0.25, -0.2) is 4.79 Å². The maximum atomic E-state index is 11.9. The highest BCUT2D eigenvalue weighted by atomic mass is 16.4. The Labute approximate surface area is 118 Å². The number of nitrogens with one attached hydrogen (secondary N) is 1. The Hall–Kier alpha value is -1.92. The molecule has 110 valence electrons. The number of benzene rings is 1. The third-order valence-corrected chi connectivity index (χ3v) is 2.75. The number of carboxylic acid groups (broad SMARTS) is 1. The Morgan fingerprint density at radius 3 is 2.20 bits per heavy atom. The molecule has 1 rings (SSSR count). The molecule has 1 amide bonds. The molecule has 1 aromatic carbocycles. The number of carbonyl (C=O) groups excluding carboxylic acids is 1. The van der Waals surface area contributed by atoms with Crippen molar-refractivity contribution in [3.8, 4) is 0 Å². The zero-order chi connectivity index (χ0) is 15.3. The monoisotopic (exact) mass is 280 g/mol. The van der Waals surface area contributed by atoms with Crippen LogP contribution in [0.3, 0.4) is 0 Å². The molecule has 0 bridgehead atoms. The van der Waals surface area contributed by atoms with E-state index in [0.717, 1.165) is 12.1 Å². The fraction of sp³-hybridized carbons (Fsp3) is 0.429. The number of nitrogens with zero attached hydrogens (tertiary/aromatic N) is 1. The lowest BCUT2D eigenvalue weighted by Gasteiger charge is -2.17. The number of hydrogen-bond acceptors (Lipinski definition) is 4. The van der Waals surface area contributed by atoms with E-state index in [1.807, 2.05) is 31.1 Å². The summed E-state index contributed by atoms with van der Waals surface area (Å²) in [5.74, 6) is -1.78. The van der Waals surface area contributed by atoms with Crippen molar-refractivity contribution in [1.29, 1.82) is 0 Å². The number of hydrogen-bond donors (Lipinski definition) is 3. The van der Waals surface area contributed by atoms with Gasteiger partial charge in [0.05, 0.1) is 6.10 Å². The van der Waals surface area contributed by atoms with Crippen molar-refractivity contribution in [2.75, 3.05) is 14.1 Å². The van der Waals surface area contributed by atoms with Crippen LogP contribution >= 0.6 is 0 Å². The van der Waals surface area contributed by atoms with Crippen molar-refractivity contribution in [2.24, 2.45) is 0 Å². The lowest BCUT2D eigenvalue weighted by atomic mass is 10.1. The molecule has 0 aliphatic carbocycles. The summed E-state index contributed by atoms with van der Waals surface area (Å²) < 4.78 is 0. The van der Waals surface area contributed by atoms with Gasteiger partial charge in [-0.3, -0.25) is 4.79 Å². The van der Waals surface area contributed by atoms with Crippen molar-refractivity contribution in [3.63, 3.8) is 0 Å². The molecule has 0 radical (unpaired) electrons. The quantitative estimate of drug-likeness (QED) is 0.698. The normalized spacial score (nSPS) is 13.8. The van der Waals surface area contributed by atoms with Crippen LogP contribution in [0.5, 0.6) is 0 Å². The first kappa shape index (κ1) is 16.1. The van der Waals surface area contributed by atoms with Crippen LogP contribution in [0.1, 0.15) is 22.8 Å². The number of rotatable bonds is 6. The molecule has 0 saturated heterocycles. The molecule has 0 spiro atoms. The zero-order valence-electron chi connectivity index (χ0n) is 11.8. The minimum absolute atomic E-state index is 0.361. The van der Waals surface area contributed by atoms with Crippen LogP contribution in [0.15, 0.2) is 24.3 Å². The van der Waals surface area contributed by atoms with Gasteiger partial charge in [-0.1, -0.05) is 12.1 Å². The highest BCUT2D eigenvalue weighted by Crippen LogP contribution is 2.07. The number of aliphatic carboxylic acids is 1. The smallest absolute Gasteiger partial charge is 0.328 e. The van der Waals surface area contributed by atoms with E-state index in [1.165, 1.54) is 6.92 Å². The third-order valence-electron chi connectivity index (χ3n) is 2.75. The Kier molecular flexibility index (Phi) is 5.66. The van der Waals surface area contributed by atoms with E-state index in [0.29, 0.717) is 5.56 Å².